The van der Waals surface area contributed by atoms with Crippen LogP contribution >= 0.6 is 11.6 Å². The van der Waals surface area contributed by atoms with Gasteiger partial charge in [-0.05, 0) is 12.5 Å². The van der Waals surface area contributed by atoms with Crippen molar-refractivity contribution in [3.63, 3.8) is 0 Å². The highest BCUT2D eigenvalue weighted by Crippen LogP contribution is 2.23. The zero-order valence-corrected chi connectivity index (χ0v) is 10.4. The maximum Gasteiger partial charge on any atom is 0.340 e. The fourth-order valence-electron chi connectivity index (χ4n) is 1.60. The number of carbonyl (C=O) groups is 1. The highest BCUT2D eigenvalue weighted by Gasteiger charge is 2.23. The van der Waals surface area contributed by atoms with Crippen LogP contribution in [0.4, 0.5) is 0 Å². The third kappa shape index (κ3) is 2.19. The average molecular weight is 267 g/mol. The summed E-state index contributed by atoms with van der Waals surface area (Å²) < 4.78 is 1.25. The third-order valence-corrected chi connectivity index (χ3v) is 2.69. The Bertz CT molecular complexity index is 568. The zero-order chi connectivity index (χ0) is 13.1. The van der Waals surface area contributed by atoms with Crippen molar-refractivity contribution in [2.45, 2.75) is 19.8 Å². The van der Waals surface area contributed by atoms with Gasteiger partial charge in [-0.25, -0.2) is 14.8 Å². The van der Waals surface area contributed by atoms with E-state index in [1.54, 1.807) is 18.5 Å². The molecule has 0 unspecified atom stereocenters. The first-order chi connectivity index (χ1) is 8.65. The fraction of sp³-hybridized carbons (Fsp3) is 0.273. The Morgan fingerprint density at radius 1 is 1.44 bits per heavy atom. The molecule has 0 fully saturated rings. The molecule has 0 aliphatic carbocycles. The van der Waals surface area contributed by atoms with E-state index in [0.29, 0.717) is 12.1 Å². The molecule has 2 aromatic rings. The van der Waals surface area contributed by atoms with Crippen molar-refractivity contribution < 1.29 is 9.90 Å². The number of aromatic carboxylic acids is 1. The number of aryl methyl sites for hydroxylation is 1. The lowest BCUT2D eigenvalue weighted by Gasteiger charge is -1.98. The van der Waals surface area contributed by atoms with Gasteiger partial charge in [0.15, 0.2) is 5.15 Å². The number of nitrogens with zero attached hydrogens (tertiary/aromatic N) is 4. The van der Waals surface area contributed by atoms with Crippen LogP contribution in [0.3, 0.4) is 0 Å². The van der Waals surface area contributed by atoms with Crippen molar-refractivity contribution in [2.24, 2.45) is 0 Å². The van der Waals surface area contributed by atoms with Crippen molar-refractivity contribution >= 4 is 17.6 Å². The predicted molar refractivity (Wildman–Crippen MR) is 65.1 cm³/mol. The number of carboxylic acid groups (broad SMARTS) is 1. The summed E-state index contributed by atoms with van der Waals surface area (Å²) in [5.41, 5.74) is 0.466. The number of halogens is 1. The van der Waals surface area contributed by atoms with Crippen LogP contribution in [0.5, 0.6) is 0 Å². The Hall–Kier alpha value is -1.95. The van der Waals surface area contributed by atoms with Gasteiger partial charge in [0.2, 0.25) is 0 Å². The predicted octanol–water partition coefficient (Wildman–Crippen LogP) is 1.97. The van der Waals surface area contributed by atoms with Crippen LogP contribution in [0.15, 0.2) is 18.5 Å². The summed E-state index contributed by atoms with van der Waals surface area (Å²) in [4.78, 5) is 19.2. The number of rotatable bonds is 4. The van der Waals surface area contributed by atoms with E-state index in [1.807, 2.05) is 6.92 Å². The van der Waals surface area contributed by atoms with Crippen molar-refractivity contribution in [3.05, 3.63) is 34.9 Å². The van der Waals surface area contributed by atoms with E-state index < -0.39 is 5.97 Å². The molecule has 0 radical (unpaired) electrons. The van der Waals surface area contributed by atoms with Crippen molar-refractivity contribution in [1.82, 2.24) is 19.7 Å². The molecular formula is C11H11ClN4O2. The van der Waals surface area contributed by atoms with Gasteiger partial charge in [0.1, 0.15) is 5.56 Å². The van der Waals surface area contributed by atoms with Gasteiger partial charge in [-0.3, -0.25) is 0 Å². The molecule has 0 amide bonds. The van der Waals surface area contributed by atoms with Gasteiger partial charge in [-0.15, -0.1) is 0 Å². The summed E-state index contributed by atoms with van der Waals surface area (Å²) in [5.74, 6) is -0.835. The van der Waals surface area contributed by atoms with Crippen molar-refractivity contribution in [2.75, 3.05) is 0 Å². The van der Waals surface area contributed by atoms with Crippen LogP contribution in [0.1, 0.15) is 29.4 Å². The first-order valence-electron chi connectivity index (χ1n) is 5.43. The van der Waals surface area contributed by atoms with E-state index in [4.69, 9.17) is 16.7 Å². The van der Waals surface area contributed by atoms with E-state index >= 15 is 0 Å². The Morgan fingerprint density at radius 3 is 2.67 bits per heavy atom. The standard InChI is InChI=1S/C11H11ClN4O2/c1-2-4-7-8(10(17)18)9(12)16(15-7)11-13-5-3-6-14-11/h3,5-6H,2,4H2,1H3,(H,17,18). The van der Waals surface area contributed by atoms with Crippen LogP contribution in [0.25, 0.3) is 5.95 Å². The second-order valence-corrected chi connectivity index (χ2v) is 3.99. The Balaban J connectivity index is 2.57. The van der Waals surface area contributed by atoms with Gasteiger partial charge in [0.25, 0.3) is 5.95 Å². The molecule has 0 saturated heterocycles. The molecule has 0 bridgehead atoms. The molecule has 6 nitrogen and oxygen atoms in total. The Kier molecular flexibility index (Phi) is 3.57. The molecule has 7 heteroatoms. The normalized spacial score (nSPS) is 10.6. The molecule has 2 rings (SSSR count). The van der Waals surface area contributed by atoms with Gasteiger partial charge in [0.05, 0.1) is 5.69 Å². The van der Waals surface area contributed by atoms with Gasteiger partial charge < -0.3 is 5.11 Å². The van der Waals surface area contributed by atoms with Gasteiger partial charge in [-0.2, -0.15) is 9.78 Å². The molecule has 0 saturated carbocycles. The molecular weight excluding hydrogens is 256 g/mol. The first-order valence-corrected chi connectivity index (χ1v) is 5.81. The third-order valence-electron chi connectivity index (χ3n) is 2.34. The summed E-state index contributed by atoms with van der Waals surface area (Å²) in [7, 11) is 0. The van der Waals surface area contributed by atoms with Crippen molar-refractivity contribution in [3.8, 4) is 5.95 Å². The van der Waals surface area contributed by atoms with Crippen LogP contribution < -0.4 is 0 Å². The Labute approximate surface area is 108 Å². The van der Waals surface area contributed by atoms with E-state index in [0.717, 1.165) is 6.42 Å². The van der Waals surface area contributed by atoms with Crippen LogP contribution in [-0.2, 0) is 6.42 Å². The Morgan fingerprint density at radius 2 is 2.11 bits per heavy atom. The molecule has 2 heterocycles. The van der Waals surface area contributed by atoms with E-state index in [2.05, 4.69) is 15.1 Å². The lowest BCUT2D eigenvalue weighted by molar-refractivity contribution is 0.0696. The first kappa shape index (κ1) is 12.5. The quantitative estimate of drug-likeness (QED) is 0.915. The molecule has 0 aliphatic heterocycles. The van der Waals surface area contributed by atoms with Gasteiger partial charge in [0, 0.05) is 12.4 Å². The lowest BCUT2D eigenvalue weighted by Crippen LogP contribution is -2.03. The largest absolute Gasteiger partial charge is 0.478 e. The van der Waals surface area contributed by atoms with E-state index in [-0.39, 0.29) is 16.7 Å². The lowest BCUT2D eigenvalue weighted by atomic mass is 10.2. The smallest absolute Gasteiger partial charge is 0.340 e. The molecule has 0 aromatic carbocycles. The number of hydrogen-bond donors (Lipinski definition) is 1. The fourth-order valence-corrected chi connectivity index (χ4v) is 1.90. The highest BCUT2D eigenvalue weighted by atomic mass is 35.5. The molecule has 0 spiro atoms. The zero-order valence-electron chi connectivity index (χ0n) is 9.67. The maximum absolute atomic E-state index is 11.2. The number of carboxylic acids is 1. The molecule has 0 aliphatic rings. The van der Waals surface area contributed by atoms with Crippen molar-refractivity contribution in [1.29, 1.82) is 0 Å². The number of hydrogen-bond acceptors (Lipinski definition) is 4. The minimum Gasteiger partial charge on any atom is -0.478 e. The van der Waals surface area contributed by atoms with Gasteiger partial charge in [-0.1, -0.05) is 24.9 Å². The summed E-state index contributed by atoms with van der Waals surface area (Å²) >= 11 is 6.03. The molecule has 2 aromatic heterocycles. The summed E-state index contributed by atoms with van der Waals surface area (Å²) in [5, 5.41) is 13.3. The molecule has 18 heavy (non-hydrogen) atoms. The second kappa shape index (κ2) is 5.14. The number of aromatic nitrogens is 4. The highest BCUT2D eigenvalue weighted by molar-refractivity contribution is 6.32. The minimum atomic E-state index is -1.09. The summed E-state index contributed by atoms with van der Waals surface area (Å²) in [6, 6.07) is 1.66. The molecule has 1 N–H and O–H groups in total. The topological polar surface area (TPSA) is 80.9 Å². The van der Waals surface area contributed by atoms with E-state index in [9.17, 15) is 4.79 Å². The van der Waals surface area contributed by atoms with Crippen LogP contribution in [-0.4, -0.2) is 30.8 Å². The maximum atomic E-state index is 11.2. The average Bonchev–Trinajstić information content (AvgIpc) is 2.68. The van der Waals surface area contributed by atoms with Gasteiger partial charge >= 0.3 is 5.97 Å². The van der Waals surface area contributed by atoms with Crippen LogP contribution in [0.2, 0.25) is 5.15 Å². The SMILES string of the molecule is CCCc1nn(-c2ncccn2)c(Cl)c1C(=O)O. The second-order valence-electron chi connectivity index (χ2n) is 3.63. The summed E-state index contributed by atoms with van der Waals surface area (Å²) in [6.07, 6.45) is 4.41. The molecule has 94 valence electrons. The van der Waals surface area contributed by atoms with Crippen LogP contribution in [0, 0.1) is 0 Å². The summed E-state index contributed by atoms with van der Waals surface area (Å²) in [6.45, 7) is 1.94. The molecule has 0 atom stereocenters. The van der Waals surface area contributed by atoms with E-state index in [1.165, 1.54) is 4.68 Å². The minimum absolute atomic E-state index is 0.0194. The monoisotopic (exact) mass is 266 g/mol.